The van der Waals surface area contributed by atoms with Crippen LogP contribution in [0, 0.1) is 0 Å². The molecule has 0 aromatic carbocycles. The monoisotopic (exact) mass is 299 g/mol. The van der Waals surface area contributed by atoms with Gasteiger partial charge in [0.25, 0.3) is 0 Å². The van der Waals surface area contributed by atoms with Crippen LogP contribution >= 0.6 is 0 Å². The maximum atomic E-state index is 5.78. The average molecular weight is 300 g/mol. The zero-order chi connectivity index (χ0) is 15.2. The molecule has 0 atom stereocenters. The summed E-state index contributed by atoms with van der Waals surface area (Å²) in [6.45, 7) is 10.5. The van der Waals surface area contributed by atoms with Gasteiger partial charge < -0.3 is 9.47 Å². The summed E-state index contributed by atoms with van der Waals surface area (Å²) in [5.74, 6) is 0. The summed E-state index contributed by atoms with van der Waals surface area (Å²) in [4.78, 5) is 2.54. The predicted molar refractivity (Wildman–Crippen MR) is 84.2 cm³/mol. The molecule has 0 amide bonds. The van der Waals surface area contributed by atoms with E-state index in [-0.39, 0.29) is 11.1 Å². The van der Waals surface area contributed by atoms with Crippen molar-refractivity contribution in [3.63, 3.8) is 0 Å². The van der Waals surface area contributed by atoms with Crippen LogP contribution < -0.4 is 5.32 Å². The molecule has 0 spiro atoms. The molecule has 2 aliphatic heterocycles. The van der Waals surface area contributed by atoms with Crippen LogP contribution in [0.5, 0.6) is 0 Å². The van der Waals surface area contributed by atoms with E-state index in [2.05, 4.69) is 45.0 Å². The van der Waals surface area contributed by atoms with Crippen LogP contribution in [0.2, 0.25) is 11.6 Å². The highest BCUT2D eigenvalue weighted by Crippen LogP contribution is 2.47. The fraction of sp³-hybridized carbons (Fsp3) is 1.00. The molecule has 0 bridgehead atoms. The van der Waals surface area contributed by atoms with E-state index in [4.69, 9.17) is 9.47 Å². The van der Waals surface area contributed by atoms with Gasteiger partial charge >= 0.3 is 0 Å². The number of nitrogens with one attached hydrogen (secondary N) is 1. The van der Waals surface area contributed by atoms with E-state index in [1.165, 1.54) is 18.9 Å². The maximum Gasteiger partial charge on any atom is 0.202 e. The molecule has 1 N–H and O–H groups in total. The molecule has 2 saturated heterocycles. The second-order valence-corrected chi connectivity index (χ2v) is 10.5. The Morgan fingerprint density at radius 1 is 1.05 bits per heavy atom. The summed E-state index contributed by atoms with van der Waals surface area (Å²) >= 11 is 0. The Morgan fingerprint density at radius 2 is 1.55 bits per heavy atom. The molecular formula is C15H31N2O2Si. The van der Waals surface area contributed by atoms with Gasteiger partial charge in [0.2, 0.25) is 5.53 Å². The summed E-state index contributed by atoms with van der Waals surface area (Å²) in [5.41, 5.74) is 0.702. The smallest absolute Gasteiger partial charge is 0.202 e. The summed E-state index contributed by atoms with van der Waals surface area (Å²) < 4.78 is 11.6. The number of nitrogens with zero attached hydrogens (tertiary/aromatic N) is 1. The summed E-state index contributed by atoms with van der Waals surface area (Å²) in [6.07, 6.45) is 2.47. The fourth-order valence-electron chi connectivity index (χ4n) is 4.22. The third kappa shape index (κ3) is 2.59. The van der Waals surface area contributed by atoms with Gasteiger partial charge in [0.1, 0.15) is 0 Å². The molecule has 0 aliphatic carbocycles. The minimum absolute atomic E-state index is 0.236. The van der Waals surface area contributed by atoms with E-state index in [0.717, 1.165) is 12.1 Å². The van der Waals surface area contributed by atoms with Gasteiger partial charge in [-0.25, -0.2) is 0 Å². The van der Waals surface area contributed by atoms with E-state index in [0.29, 0.717) is 0 Å². The zero-order valence-electron chi connectivity index (χ0n) is 14.2. The van der Waals surface area contributed by atoms with Crippen LogP contribution in [0.4, 0.5) is 0 Å². The first-order valence-corrected chi connectivity index (χ1v) is 9.42. The Labute approximate surface area is 125 Å². The molecule has 117 valence electrons. The second kappa shape index (κ2) is 5.36. The van der Waals surface area contributed by atoms with Crippen molar-refractivity contribution in [2.75, 3.05) is 27.8 Å². The number of methoxy groups -OCH3 is 2. The van der Waals surface area contributed by atoms with Crippen molar-refractivity contribution in [2.24, 2.45) is 0 Å². The van der Waals surface area contributed by atoms with Gasteiger partial charge in [-0.2, -0.15) is 0 Å². The van der Waals surface area contributed by atoms with Crippen molar-refractivity contribution >= 4 is 8.80 Å². The molecule has 0 aromatic heterocycles. The normalized spacial score (nSPS) is 30.8. The number of hydrogen-bond acceptors (Lipinski definition) is 4. The van der Waals surface area contributed by atoms with Crippen LogP contribution in [-0.2, 0) is 9.47 Å². The summed E-state index contributed by atoms with van der Waals surface area (Å²) in [5, 5.41) is 3.47. The van der Waals surface area contributed by atoms with Crippen molar-refractivity contribution in [1.82, 2.24) is 10.2 Å². The third-order valence-corrected chi connectivity index (χ3v) is 9.16. The molecule has 0 unspecified atom stereocenters. The minimum atomic E-state index is -0.758. The Morgan fingerprint density at radius 3 is 2.00 bits per heavy atom. The average Bonchev–Trinajstić information content (AvgIpc) is 2.79. The molecule has 2 rings (SSSR count). The quantitative estimate of drug-likeness (QED) is 0.640. The molecule has 1 radical (unpaired) electrons. The van der Waals surface area contributed by atoms with Crippen LogP contribution in [-0.4, -0.2) is 58.1 Å². The van der Waals surface area contributed by atoms with Gasteiger partial charge in [-0.3, -0.25) is 10.2 Å². The lowest BCUT2D eigenvalue weighted by Crippen LogP contribution is -2.62. The Hall–Kier alpha value is 0.0569. The second-order valence-electron chi connectivity index (χ2n) is 7.52. The largest absolute Gasteiger partial charge is 0.345 e. The number of rotatable bonds is 3. The molecular weight excluding hydrogens is 268 g/mol. The zero-order valence-corrected chi connectivity index (χ0v) is 15.2. The van der Waals surface area contributed by atoms with Crippen molar-refractivity contribution in [2.45, 2.75) is 68.7 Å². The van der Waals surface area contributed by atoms with Crippen molar-refractivity contribution < 1.29 is 9.47 Å². The molecule has 4 nitrogen and oxygen atoms in total. The third-order valence-electron chi connectivity index (χ3n) is 5.55. The summed E-state index contributed by atoms with van der Waals surface area (Å²) in [6, 6.07) is 1.23. The first-order valence-electron chi connectivity index (χ1n) is 7.64. The fourth-order valence-corrected chi connectivity index (χ4v) is 8.26. The number of ether oxygens (including phenoxy) is 2. The predicted octanol–water partition coefficient (Wildman–Crippen LogP) is 2.22. The van der Waals surface area contributed by atoms with Crippen molar-refractivity contribution in [1.29, 1.82) is 0 Å². The van der Waals surface area contributed by atoms with Crippen LogP contribution in [0.15, 0.2) is 0 Å². The molecule has 2 aliphatic rings. The SMILES string of the molecule is COC1(OC)NCC[Si]1C1CC(C)(C)N(C)C(C)(C)C1. The van der Waals surface area contributed by atoms with Gasteiger partial charge in [0.05, 0.1) is 0 Å². The standard InChI is InChI=1S/C15H31N2O2Si/c1-13(2)10-12(11-14(3,4)17(13)5)20-9-8-16-15(20,18-6)19-7/h12,16H,8-11H2,1-7H3. The van der Waals surface area contributed by atoms with Gasteiger partial charge in [-0.05, 0) is 65.7 Å². The molecule has 2 fully saturated rings. The van der Waals surface area contributed by atoms with E-state index < -0.39 is 14.3 Å². The van der Waals surface area contributed by atoms with Gasteiger partial charge in [-0.15, -0.1) is 0 Å². The maximum absolute atomic E-state index is 5.78. The van der Waals surface area contributed by atoms with E-state index in [9.17, 15) is 0 Å². The molecule has 0 saturated carbocycles. The van der Waals surface area contributed by atoms with Gasteiger partial charge in [-0.1, -0.05) is 0 Å². The van der Waals surface area contributed by atoms with Gasteiger partial charge in [0.15, 0.2) is 8.80 Å². The number of hydrogen-bond donors (Lipinski definition) is 1. The molecule has 5 heteroatoms. The minimum Gasteiger partial charge on any atom is -0.345 e. The van der Waals surface area contributed by atoms with E-state index in [1.807, 2.05) is 0 Å². The molecule has 2 heterocycles. The lowest BCUT2D eigenvalue weighted by atomic mass is 9.80. The Kier molecular flexibility index (Phi) is 4.40. The number of likely N-dealkylation sites (tertiary alicyclic amines) is 1. The van der Waals surface area contributed by atoms with Crippen LogP contribution in [0.25, 0.3) is 0 Å². The summed E-state index contributed by atoms with van der Waals surface area (Å²) in [7, 11) is 5.06. The van der Waals surface area contributed by atoms with E-state index >= 15 is 0 Å². The topological polar surface area (TPSA) is 33.7 Å². The first kappa shape index (κ1) is 16.4. The molecule has 20 heavy (non-hydrogen) atoms. The highest BCUT2D eigenvalue weighted by atomic mass is 28.3. The highest BCUT2D eigenvalue weighted by molar-refractivity contribution is 6.64. The Bertz CT molecular complexity index is 338. The number of piperidine rings is 1. The first-order chi connectivity index (χ1) is 9.18. The van der Waals surface area contributed by atoms with Crippen LogP contribution in [0.3, 0.4) is 0 Å². The highest BCUT2D eigenvalue weighted by Gasteiger charge is 2.54. The molecule has 0 aromatic rings. The lowest BCUT2D eigenvalue weighted by molar-refractivity contribution is -0.163. The van der Waals surface area contributed by atoms with E-state index in [1.54, 1.807) is 14.2 Å². The lowest BCUT2D eigenvalue weighted by Gasteiger charge is -2.55. The van der Waals surface area contributed by atoms with Crippen molar-refractivity contribution in [3.8, 4) is 0 Å². The van der Waals surface area contributed by atoms with Gasteiger partial charge in [0, 0.05) is 25.3 Å². The van der Waals surface area contributed by atoms with Crippen LogP contribution in [0.1, 0.15) is 40.5 Å². The Balaban J connectivity index is 2.25. The van der Waals surface area contributed by atoms with Crippen molar-refractivity contribution in [3.05, 3.63) is 0 Å².